The molecule has 0 bridgehead atoms. The van der Waals surface area contributed by atoms with Gasteiger partial charge in [0.25, 0.3) is 17.7 Å². The molecular weight excluding hydrogens is 483 g/mol. The van der Waals surface area contributed by atoms with Crippen molar-refractivity contribution in [2.45, 2.75) is 13.1 Å². The molecule has 10 heteroatoms. The van der Waals surface area contributed by atoms with Gasteiger partial charge in [-0.1, -0.05) is 41.9 Å². The summed E-state index contributed by atoms with van der Waals surface area (Å²) < 4.78 is 38.8. The molecular formula is C25H17ClF3N3O3. The van der Waals surface area contributed by atoms with Gasteiger partial charge in [0.2, 0.25) is 0 Å². The highest BCUT2D eigenvalue weighted by Gasteiger charge is 2.39. The molecule has 3 aromatic carbocycles. The smallest absolute Gasteiger partial charge is 0.350 e. The maximum absolute atomic E-state index is 13.0. The third-order valence-corrected chi connectivity index (χ3v) is 5.58. The lowest BCUT2D eigenvalue weighted by atomic mass is 10.1. The molecule has 0 unspecified atom stereocenters. The maximum Gasteiger partial charge on any atom is 0.416 e. The fourth-order valence-electron chi connectivity index (χ4n) is 3.50. The SMILES string of the molecule is Cc1ccccc1N1C(=O)C(Cl)=C(Nc2cccc(C(=O)Nc3cccc(C(F)(F)F)c3)c2)C1=O. The van der Waals surface area contributed by atoms with E-state index >= 15 is 0 Å². The van der Waals surface area contributed by atoms with Gasteiger partial charge in [0.05, 0.1) is 11.3 Å². The number of anilines is 3. The second kappa shape index (κ2) is 9.27. The number of para-hydroxylation sites is 1. The van der Waals surface area contributed by atoms with Crippen LogP contribution in [0.15, 0.2) is 83.5 Å². The molecule has 6 nitrogen and oxygen atoms in total. The van der Waals surface area contributed by atoms with E-state index in [0.29, 0.717) is 11.3 Å². The number of hydrogen-bond acceptors (Lipinski definition) is 4. The number of carbonyl (C=O) groups excluding carboxylic acids is 3. The lowest BCUT2D eigenvalue weighted by molar-refractivity contribution is -0.137. The number of alkyl halides is 3. The first-order valence-electron chi connectivity index (χ1n) is 10.3. The van der Waals surface area contributed by atoms with Gasteiger partial charge in [-0.3, -0.25) is 14.4 Å². The average molecular weight is 500 g/mol. The summed E-state index contributed by atoms with van der Waals surface area (Å²) in [5, 5.41) is 4.89. The van der Waals surface area contributed by atoms with E-state index in [1.165, 1.54) is 30.3 Å². The second-order valence-corrected chi connectivity index (χ2v) is 8.04. The first kappa shape index (κ1) is 24.0. The summed E-state index contributed by atoms with van der Waals surface area (Å²) in [5.41, 5.74) is 0.406. The van der Waals surface area contributed by atoms with E-state index in [1.807, 2.05) is 0 Å². The van der Waals surface area contributed by atoms with Crippen molar-refractivity contribution in [1.29, 1.82) is 0 Å². The molecule has 1 aliphatic rings. The molecule has 0 saturated carbocycles. The second-order valence-electron chi connectivity index (χ2n) is 7.66. The molecule has 1 heterocycles. The number of halogens is 4. The quantitative estimate of drug-likeness (QED) is 0.441. The minimum atomic E-state index is -4.55. The molecule has 3 aromatic rings. The topological polar surface area (TPSA) is 78.5 Å². The summed E-state index contributed by atoms with van der Waals surface area (Å²) in [6.45, 7) is 1.75. The Balaban J connectivity index is 1.54. The summed E-state index contributed by atoms with van der Waals surface area (Å²) >= 11 is 6.17. The zero-order chi connectivity index (χ0) is 25.3. The largest absolute Gasteiger partial charge is 0.416 e. The Morgan fingerprint density at radius 3 is 2.29 bits per heavy atom. The van der Waals surface area contributed by atoms with Crippen LogP contribution in [-0.4, -0.2) is 17.7 Å². The molecule has 0 spiro atoms. The third-order valence-electron chi connectivity index (χ3n) is 5.23. The third kappa shape index (κ3) is 4.90. The molecule has 4 rings (SSSR count). The van der Waals surface area contributed by atoms with E-state index in [9.17, 15) is 27.6 Å². The maximum atomic E-state index is 13.0. The molecule has 1 aliphatic heterocycles. The average Bonchev–Trinajstić information content (AvgIpc) is 3.02. The van der Waals surface area contributed by atoms with Gasteiger partial charge >= 0.3 is 6.18 Å². The molecule has 35 heavy (non-hydrogen) atoms. The minimum Gasteiger partial charge on any atom is -0.350 e. The van der Waals surface area contributed by atoms with Crippen LogP contribution in [0.5, 0.6) is 0 Å². The molecule has 0 atom stereocenters. The molecule has 0 aromatic heterocycles. The van der Waals surface area contributed by atoms with Crippen molar-refractivity contribution in [3.63, 3.8) is 0 Å². The van der Waals surface area contributed by atoms with E-state index in [4.69, 9.17) is 11.6 Å². The predicted octanol–water partition coefficient (Wildman–Crippen LogP) is 5.70. The number of carbonyl (C=O) groups is 3. The number of aryl methyl sites for hydroxylation is 1. The van der Waals surface area contributed by atoms with Crippen molar-refractivity contribution in [2.75, 3.05) is 15.5 Å². The zero-order valence-electron chi connectivity index (χ0n) is 18.1. The summed E-state index contributed by atoms with van der Waals surface area (Å²) in [7, 11) is 0. The van der Waals surface area contributed by atoms with Gasteiger partial charge in [-0.2, -0.15) is 13.2 Å². The highest BCUT2D eigenvalue weighted by Crippen LogP contribution is 2.33. The Bertz CT molecular complexity index is 1390. The van der Waals surface area contributed by atoms with Crippen molar-refractivity contribution in [3.05, 3.63) is 100 Å². The first-order valence-corrected chi connectivity index (χ1v) is 10.6. The van der Waals surface area contributed by atoms with Crippen LogP contribution in [0.2, 0.25) is 0 Å². The van der Waals surface area contributed by atoms with Gasteiger partial charge in [0.1, 0.15) is 10.7 Å². The van der Waals surface area contributed by atoms with Gasteiger partial charge in [0, 0.05) is 16.9 Å². The van der Waals surface area contributed by atoms with E-state index in [1.54, 1.807) is 37.3 Å². The van der Waals surface area contributed by atoms with Crippen LogP contribution in [0.25, 0.3) is 0 Å². The lowest BCUT2D eigenvalue weighted by Gasteiger charge is -2.17. The Morgan fingerprint density at radius 1 is 0.886 bits per heavy atom. The van der Waals surface area contributed by atoms with Crippen LogP contribution < -0.4 is 15.5 Å². The van der Waals surface area contributed by atoms with E-state index in [2.05, 4.69) is 10.6 Å². The normalized spacial score (nSPS) is 13.9. The minimum absolute atomic E-state index is 0.0284. The lowest BCUT2D eigenvalue weighted by Crippen LogP contribution is -2.32. The van der Waals surface area contributed by atoms with E-state index in [-0.39, 0.29) is 27.7 Å². The Kier molecular flexibility index (Phi) is 6.36. The molecule has 178 valence electrons. The van der Waals surface area contributed by atoms with Crippen LogP contribution in [0.1, 0.15) is 21.5 Å². The molecule has 0 aliphatic carbocycles. The van der Waals surface area contributed by atoms with E-state index in [0.717, 1.165) is 17.0 Å². The highest BCUT2D eigenvalue weighted by atomic mass is 35.5. The molecule has 0 saturated heterocycles. The summed E-state index contributed by atoms with van der Waals surface area (Å²) in [5.74, 6) is -2.01. The molecule has 2 N–H and O–H groups in total. The number of imide groups is 1. The van der Waals surface area contributed by atoms with Crippen LogP contribution in [-0.2, 0) is 15.8 Å². The monoisotopic (exact) mass is 499 g/mol. The van der Waals surface area contributed by atoms with Gasteiger partial charge in [-0.15, -0.1) is 0 Å². The highest BCUT2D eigenvalue weighted by molar-refractivity contribution is 6.53. The van der Waals surface area contributed by atoms with Crippen molar-refractivity contribution in [3.8, 4) is 0 Å². The van der Waals surface area contributed by atoms with Crippen molar-refractivity contribution >= 4 is 46.4 Å². The van der Waals surface area contributed by atoms with Crippen molar-refractivity contribution in [1.82, 2.24) is 0 Å². The predicted molar refractivity (Wildman–Crippen MR) is 126 cm³/mol. The molecule has 3 amide bonds. The first-order chi connectivity index (χ1) is 16.6. The zero-order valence-corrected chi connectivity index (χ0v) is 18.9. The number of hydrogen-bond donors (Lipinski definition) is 2. The van der Waals surface area contributed by atoms with Crippen molar-refractivity contribution in [2.24, 2.45) is 0 Å². The summed E-state index contributed by atoms with van der Waals surface area (Å²) in [6.07, 6.45) is -4.55. The Morgan fingerprint density at radius 2 is 1.57 bits per heavy atom. The fraction of sp³-hybridized carbons (Fsp3) is 0.0800. The van der Waals surface area contributed by atoms with Crippen LogP contribution in [0.3, 0.4) is 0 Å². The number of nitrogens with one attached hydrogen (secondary N) is 2. The number of nitrogens with zero attached hydrogens (tertiary/aromatic N) is 1. The van der Waals surface area contributed by atoms with Crippen molar-refractivity contribution < 1.29 is 27.6 Å². The van der Waals surface area contributed by atoms with Gasteiger partial charge in [-0.25, -0.2) is 4.90 Å². The van der Waals surface area contributed by atoms with Crippen LogP contribution >= 0.6 is 11.6 Å². The molecule has 0 fully saturated rings. The van der Waals surface area contributed by atoms with Gasteiger partial charge in [0.15, 0.2) is 0 Å². The number of rotatable bonds is 5. The number of benzene rings is 3. The Labute approximate surface area is 203 Å². The van der Waals surface area contributed by atoms with Crippen LogP contribution in [0, 0.1) is 6.92 Å². The van der Waals surface area contributed by atoms with Gasteiger partial charge < -0.3 is 10.6 Å². The summed E-state index contributed by atoms with van der Waals surface area (Å²) in [4.78, 5) is 39.3. The van der Waals surface area contributed by atoms with Crippen LogP contribution in [0.4, 0.5) is 30.2 Å². The standard InChI is InChI=1S/C25H17ClF3N3O3/c1-14-6-2-3-11-19(14)32-23(34)20(26)21(24(32)35)30-17-9-4-7-15(12-17)22(33)31-18-10-5-8-16(13-18)25(27,28)29/h2-13,30H,1H3,(H,31,33). The Hall–Kier alpha value is -4.11. The summed E-state index contributed by atoms with van der Waals surface area (Å²) in [6, 6.07) is 17.0. The van der Waals surface area contributed by atoms with E-state index < -0.39 is 29.5 Å². The molecule has 0 radical (unpaired) electrons. The fourth-order valence-corrected chi connectivity index (χ4v) is 3.72. The number of amides is 3. The van der Waals surface area contributed by atoms with Gasteiger partial charge in [-0.05, 0) is 55.0 Å².